The van der Waals surface area contributed by atoms with Crippen molar-refractivity contribution in [2.45, 2.75) is 13.0 Å². The molecular weight excluding hydrogens is 399 g/mol. The van der Waals surface area contributed by atoms with Gasteiger partial charge in [-0.05, 0) is 48.9 Å². The van der Waals surface area contributed by atoms with Gasteiger partial charge in [0.1, 0.15) is 17.3 Å². The van der Waals surface area contributed by atoms with Gasteiger partial charge in [0, 0.05) is 16.7 Å². The number of Topliss-reactive ketones (excluding diaryl/α,β-unsaturated/α-hetero) is 1. The van der Waals surface area contributed by atoms with E-state index in [1.165, 1.54) is 42.5 Å². The highest BCUT2D eigenvalue weighted by Crippen LogP contribution is 2.41. The van der Waals surface area contributed by atoms with E-state index in [1.54, 1.807) is 19.1 Å². The molecule has 0 bridgehead atoms. The normalized spacial score (nSPS) is 18.4. The Kier molecular flexibility index (Phi) is 4.68. The fourth-order valence-electron chi connectivity index (χ4n) is 3.26. The van der Waals surface area contributed by atoms with E-state index in [0.29, 0.717) is 21.9 Å². The molecule has 6 nitrogen and oxygen atoms in total. The van der Waals surface area contributed by atoms with Crippen molar-refractivity contribution < 1.29 is 23.6 Å². The van der Waals surface area contributed by atoms with Crippen molar-refractivity contribution in [3.05, 3.63) is 87.9 Å². The minimum atomic E-state index is -1.00. The number of benzene rings is 2. The van der Waals surface area contributed by atoms with Gasteiger partial charge in [0.25, 0.3) is 5.78 Å². The fraction of sp³-hybridized carbons (Fsp3) is 0.0952. The molecule has 1 saturated heterocycles. The Labute approximate surface area is 169 Å². The van der Waals surface area contributed by atoms with Crippen LogP contribution in [0.5, 0.6) is 0 Å². The maximum atomic E-state index is 13.5. The molecule has 2 aromatic carbocycles. The summed E-state index contributed by atoms with van der Waals surface area (Å²) < 4.78 is 18.5. The van der Waals surface area contributed by atoms with E-state index in [1.807, 2.05) is 0 Å². The zero-order valence-electron chi connectivity index (χ0n) is 15.1. The number of carbonyl (C=O) groups excluding carboxylic acids is 2. The molecule has 8 heteroatoms. The summed E-state index contributed by atoms with van der Waals surface area (Å²) in [6.45, 7) is 1.65. The fourth-order valence-corrected chi connectivity index (χ4v) is 3.39. The first kappa shape index (κ1) is 18.9. The summed E-state index contributed by atoms with van der Waals surface area (Å²) in [5, 5.41) is 15.2. The Bertz CT molecular complexity index is 1140. The average molecular weight is 413 g/mol. The van der Waals surface area contributed by atoms with Crippen LogP contribution in [-0.4, -0.2) is 22.0 Å². The SMILES string of the molecule is Cc1cc(N2C(=O)C(=O)C(=C(O)c3ccc(Cl)cc3)[C@H]2c2ccc(F)cc2)no1. The second kappa shape index (κ2) is 7.18. The number of carbonyl (C=O) groups is 2. The number of amides is 1. The molecular formula is C21H14ClFN2O4. The number of hydrogen-bond donors (Lipinski definition) is 1. The van der Waals surface area contributed by atoms with Crippen molar-refractivity contribution in [3.63, 3.8) is 0 Å². The number of aliphatic hydroxyl groups is 1. The Morgan fingerprint density at radius 2 is 1.79 bits per heavy atom. The summed E-state index contributed by atoms with van der Waals surface area (Å²) in [4.78, 5) is 26.8. The Hall–Kier alpha value is -3.45. The van der Waals surface area contributed by atoms with Crippen LogP contribution in [0.25, 0.3) is 5.76 Å². The van der Waals surface area contributed by atoms with Crippen molar-refractivity contribution >= 4 is 34.9 Å². The van der Waals surface area contributed by atoms with E-state index in [-0.39, 0.29) is 17.2 Å². The first-order valence-corrected chi connectivity index (χ1v) is 9.00. The van der Waals surface area contributed by atoms with Gasteiger partial charge < -0.3 is 9.63 Å². The number of halogens is 2. The molecule has 0 spiro atoms. The quantitative estimate of drug-likeness (QED) is 0.391. The van der Waals surface area contributed by atoms with Gasteiger partial charge in [-0.25, -0.2) is 4.39 Å². The summed E-state index contributed by atoms with van der Waals surface area (Å²) in [7, 11) is 0. The minimum Gasteiger partial charge on any atom is -0.507 e. The summed E-state index contributed by atoms with van der Waals surface area (Å²) in [5.41, 5.74) is 0.613. The van der Waals surface area contributed by atoms with Crippen LogP contribution in [0.3, 0.4) is 0 Å². The van der Waals surface area contributed by atoms with E-state index < -0.39 is 23.5 Å². The molecule has 4 rings (SSSR count). The van der Waals surface area contributed by atoms with E-state index in [2.05, 4.69) is 5.16 Å². The third-order valence-corrected chi connectivity index (χ3v) is 4.86. The molecule has 0 saturated carbocycles. The van der Waals surface area contributed by atoms with Crippen LogP contribution in [-0.2, 0) is 9.59 Å². The van der Waals surface area contributed by atoms with Crippen molar-refractivity contribution in [1.82, 2.24) is 5.16 Å². The van der Waals surface area contributed by atoms with Gasteiger partial charge in [0.15, 0.2) is 5.82 Å². The number of aryl methyl sites for hydroxylation is 1. The number of rotatable bonds is 3. The monoisotopic (exact) mass is 412 g/mol. The number of ketones is 1. The van der Waals surface area contributed by atoms with Crippen LogP contribution in [0, 0.1) is 12.7 Å². The molecule has 0 unspecified atom stereocenters. The molecule has 0 radical (unpaired) electrons. The standard InChI is InChI=1S/C21H14ClFN2O4/c1-11-10-16(24-29-11)25-18(12-4-8-15(23)9-5-12)17(20(27)21(25)28)19(26)13-2-6-14(22)7-3-13/h2-10,18,26H,1H3/t18-/m1/s1. The Morgan fingerprint density at radius 1 is 1.14 bits per heavy atom. The first-order valence-electron chi connectivity index (χ1n) is 8.62. The predicted octanol–water partition coefficient (Wildman–Crippen LogP) is 4.40. The van der Waals surface area contributed by atoms with Gasteiger partial charge in [0.05, 0.1) is 11.6 Å². The number of nitrogens with zero attached hydrogens (tertiary/aromatic N) is 2. The topological polar surface area (TPSA) is 83.6 Å². The van der Waals surface area contributed by atoms with Crippen molar-refractivity contribution in [1.29, 1.82) is 0 Å². The molecule has 1 N–H and O–H groups in total. The van der Waals surface area contributed by atoms with Crippen molar-refractivity contribution in [3.8, 4) is 0 Å². The lowest BCUT2D eigenvalue weighted by Crippen LogP contribution is -2.29. The number of anilines is 1. The number of hydrogen-bond acceptors (Lipinski definition) is 5. The van der Waals surface area contributed by atoms with Crippen LogP contribution < -0.4 is 4.90 Å². The summed E-state index contributed by atoms with van der Waals surface area (Å²) in [6, 6.07) is 12.0. The van der Waals surface area contributed by atoms with Crippen LogP contribution in [0.15, 0.2) is 64.7 Å². The zero-order valence-corrected chi connectivity index (χ0v) is 15.9. The highest BCUT2D eigenvalue weighted by atomic mass is 35.5. The van der Waals surface area contributed by atoms with E-state index in [0.717, 1.165) is 4.90 Å². The van der Waals surface area contributed by atoms with E-state index in [4.69, 9.17) is 16.1 Å². The maximum absolute atomic E-state index is 13.5. The molecule has 1 aromatic heterocycles. The van der Waals surface area contributed by atoms with Crippen LogP contribution >= 0.6 is 11.6 Å². The molecule has 2 heterocycles. The smallest absolute Gasteiger partial charge is 0.301 e. The van der Waals surface area contributed by atoms with Gasteiger partial charge in [0.2, 0.25) is 0 Å². The lowest BCUT2D eigenvalue weighted by atomic mass is 9.95. The molecule has 1 amide bonds. The van der Waals surface area contributed by atoms with Crippen LogP contribution in [0.2, 0.25) is 5.02 Å². The zero-order chi connectivity index (χ0) is 20.7. The number of aliphatic hydroxyl groups excluding tert-OH is 1. The minimum absolute atomic E-state index is 0.120. The first-order chi connectivity index (χ1) is 13.9. The molecule has 1 aliphatic rings. The highest BCUT2D eigenvalue weighted by Gasteiger charge is 2.48. The van der Waals surface area contributed by atoms with Crippen molar-refractivity contribution in [2.24, 2.45) is 0 Å². The largest absolute Gasteiger partial charge is 0.507 e. The molecule has 146 valence electrons. The predicted molar refractivity (Wildman–Crippen MR) is 104 cm³/mol. The molecule has 29 heavy (non-hydrogen) atoms. The third kappa shape index (κ3) is 3.30. The molecule has 3 aromatic rings. The maximum Gasteiger partial charge on any atom is 0.301 e. The second-order valence-corrected chi connectivity index (χ2v) is 6.96. The molecule has 1 atom stereocenters. The third-order valence-electron chi connectivity index (χ3n) is 4.61. The van der Waals surface area contributed by atoms with Gasteiger partial charge in [-0.15, -0.1) is 0 Å². The summed E-state index contributed by atoms with van der Waals surface area (Å²) in [6.07, 6.45) is 0. The molecule has 0 aliphatic carbocycles. The lowest BCUT2D eigenvalue weighted by molar-refractivity contribution is -0.132. The van der Waals surface area contributed by atoms with Gasteiger partial charge >= 0.3 is 5.91 Å². The lowest BCUT2D eigenvalue weighted by Gasteiger charge is -2.22. The van der Waals surface area contributed by atoms with Crippen LogP contribution in [0.4, 0.5) is 10.2 Å². The van der Waals surface area contributed by atoms with Crippen LogP contribution in [0.1, 0.15) is 22.9 Å². The Morgan fingerprint density at radius 3 is 2.38 bits per heavy atom. The Balaban J connectivity index is 1.93. The molecule has 1 aliphatic heterocycles. The average Bonchev–Trinajstić information content (AvgIpc) is 3.24. The number of aromatic nitrogens is 1. The second-order valence-electron chi connectivity index (χ2n) is 6.52. The van der Waals surface area contributed by atoms with E-state index >= 15 is 0 Å². The van der Waals surface area contributed by atoms with Gasteiger partial charge in [-0.3, -0.25) is 14.5 Å². The molecule has 1 fully saturated rings. The van der Waals surface area contributed by atoms with E-state index in [9.17, 15) is 19.1 Å². The summed E-state index contributed by atoms with van der Waals surface area (Å²) >= 11 is 5.89. The highest BCUT2D eigenvalue weighted by molar-refractivity contribution is 6.51. The van der Waals surface area contributed by atoms with Gasteiger partial charge in [-0.1, -0.05) is 28.9 Å². The summed E-state index contributed by atoms with van der Waals surface area (Å²) in [5.74, 6) is -2.03. The van der Waals surface area contributed by atoms with Crippen molar-refractivity contribution in [2.75, 3.05) is 4.90 Å². The van der Waals surface area contributed by atoms with Gasteiger partial charge in [-0.2, -0.15) is 0 Å².